The minimum atomic E-state index is 0.796. The summed E-state index contributed by atoms with van der Waals surface area (Å²) < 4.78 is 20.0. The monoisotopic (exact) mass is 667 g/mol. The van der Waals surface area contributed by atoms with Crippen LogP contribution in [-0.2, 0) is 0 Å². The Bertz CT molecular complexity index is 3110. The van der Waals surface area contributed by atoms with Gasteiger partial charge in [-0.25, -0.2) is 0 Å². The van der Waals surface area contributed by atoms with E-state index in [1.165, 1.54) is 5.56 Å². The van der Waals surface area contributed by atoms with Gasteiger partial charge in [-0.2, -0.15) is 0 Å². The third kappa shape index (κ3) is 4.34. The van der Waals surface area contributed by atoms with Crippen LogP contribution in [0, 0.1) is 0 Å². The molecule has 4 nitrogen and oxygen atoms in total. The predicted molar refractivity (Wildman–Crippen MR) is 214 cm³/mol. The van der Waals surface area contributed by atoms with Gasteiger partial charge in [0.2, 0.25) is 0 Å². The lowest BCUT2D eigenvalue weighted by Gasteiger charge is -2.25. The van der Waals surface area contributed by atoms with Crippen LogP contribution in [-0.4, -0.2) is 0 Å². The largest absolute Gasteiger partial charge is 0.456 e. The summed E-state index contributed by atoms with van der Waals surface area (Å²) in [5.74, 6) is 0. The highest BCUT2D eigenvalue weighted by molar-refractivity contribution is 6.23. The van der Waals surface area contributed by atoms with Gasteiger partial charge in [-0.3, -0.25) is 0 Å². The number of hydrogen-bond donors (Lipinski definition) is 0. The average molecular weight is 668 g/mol. The third-order valence-electron chi connectivity index (χ3n) is 10.3. The normalized spacial score (nSPS) is 11.8. The first-order valence-electron chi connectivity index (χ1n) is 17.5. The van der Waals surface area contributed by atoms with Crippen LogP contribution in [0.3, 0.4) is 0 Å². The maximum absolute atomic E-state index is 6.95. The van der Waals surface area contributed by atoms with Gasteiger partial charge in [0, 0.05) is 49.6 Å². The minimum absolute atomic E-state index is 0.796. The van der Waals surface area contributed by atoms with Gasteiger partial charge < -0.3 is 18.2 Å². The number of nitrogens with zero attached hydrogens (tertiary/aromatic N) is 1. The van der Waals surface area contributed by atoms with Crippen LogP contribution in [0.4, 0.5) is 17.1 Å². The van der Waals surface area contributed by atoms with Crippen molar-refractivity contribution in [3.8, 4) is 22.3 Å². The molecule has 0 aliphatic carbocycles. The second-order valence-electron chi connectivity index (χ2n) is 13.2. The number of para-hydroxylation sites is 3. The van der Waals surface area contributed by atoms with E-state index >= 15 is 0 Å². The number of hydrogen-bond acceptors (Lipinski definition) is 4. The molecule has 3 heterocycles. The van der Waals surface area contributed by atoms with Crippen LogP contribution in [0.1, 0.15) is 0 Å². The topological polar surface area (TPSA) is 42.7 Å². The average Bonchev–Trinajstić information content (AvgIpc) is 3.89. The Morgan fingerprint density at radius 2 is 0.923 bits per heavy atom. The number of anilines is 3. The molecule has 0 unspecified atom stereocenters. The smallest absolute Gasteiger partial charge is 0.159 e. The summed E-state index contributed by atoms with van der Waals surface area (Å²) in [6, 6.07) is 61.1. The molecule has 4 heteroatoms. The maximum Gasteiger partial charge on any atom is 0.159 e. The van der Waals surface area contributed by atoms with Crippen LogP contribution < -0.4 is 4.90 Å². The molecule has 8 aromatic carbocycles. The van der Waals surface area contributed by atoms with Crippen molar-refractivity contribution in [2.45, 2.75) is 0 Å². The molecule has 0 fully saturated rings. The molecule has 0 aliphatic rings. The zero-order valence-corrected chi connectivity index (χ0v) is 27.9. The molecule has 11 aromatic rings. The van der Waals surface area contributed by atoms with Gasteiger partial charge >= 0.3 is 0 Å². The molecule has 52 heavy (non-hydrogen) atoms. The summed E-state index contributed by atoms with van der Waals surface area (Å²) in [7, 11) is 0. The van der Waals surface area contributed by atoms with Crippen LogP contribution in [0.5, 0.6) is 0 Å². The van der Waals surface area contributed by atoms with Gasteiger partial charge in [0.05, 0.1) is 11.4 Å². The molecule has 0 radical (unpaired) electrons. The highest BCUT2D eigenvalue weighted by Crippen LogP contribution is 2.47. The Kier molecular flexibility index (Phi) is 6.22. The van der Waals surface area contributed by atoms with E-state index in [9.17, 15) is 0 Å². The zero-order chi connectivity index (χ0) is 34.2. The SMILES string of the molecule is c1ccc(-c2ccc(N(c3ccc4c(c3)oc3c(-c5ccccc5)c5c(cc34)oc3ccccc35)c3cccc4c3oc3ccccc34)cc2)cc1. The first kappa shape index (κ1) is 28.8. The molecular weight excluding hydrogens is 639 g/mol. The first-order chi connectivity index (χ1) is 25.8. The molecule has 0 saturated carbocycles. The lowest BCUT2D eigenvalue weighted by atomic mass is 9.96. The van der Waals surface area contributed by atoms with Gasteiger partial charge in [-0.1, -0.05) is 121 Å². The van der Waals surface area contributed by atoms with E-state index < -0.39 is 0 Å². The van der Waals surface area contributed by atoms with E-state index in [2.05, 4.69) is 144 Å². The third-order valence-corrected chi connectivity index (χ3v) is 10.3. The van der Waals surface area contributed by atoms with Crippen molar-refractivity contribution in [2.24, 2.45) is 0 Å². The second kappa shape index (κ2) is 11.2. The molecule has 0 aliphatic heterocycles. The summed E-state index contributed by atoms with van der Waals surface area (Å²) in [6.07, 6.45) is 0. The van der Waals surface area contributed by atoms with Crippen molar-refractivity contribution in [1.82, 2.24) is 0 Å². The van der Waals surface area contributed by atoms with Crippen LogP contribution >= 0.6 is 0 Å². The highest BCUT2D eigenvalue weighted by atomic mass is 16.3. The van der Waals surface area contributed by atoms with Crippen molar-refractivity contribution in [3.05, 3.63) is 176 Å². The fourth-order valence-electron chi connectivity index (χ4n) is 7.89. The van der Waals surface area contributed by atoms with Crippen molar-refractivity contribution in [3.63, 3.8) is 0 Å². The summed E-state index contributed by atoms with van der Waals surface area (Å²) >= 11 is 0. The number of fused-ring (bicyclic) bond motifs is 9. The van der Waals surface area contributed by atoms with Crippen LogP contribution in [0.15, 0.2) is 189 Å². The Balaban J connectivity index is 1.16. The summed E-state index contributed by atoms with van der Waals surface area (Å²) in [4.78, 5) is 2.27. The van der Waals surface area contributed by atoms with Gasteiger partial charge in [0.25, 0.3) is 0 Å². The Morgan fingerprint density at radius 3 is 1.71 bits per heavy atom. The van der Waals surface area contributed by atoms with Crippen molar-refractivity contribution < 1.29 is 13.3 Å². The van der Waals surface area contributed by atoms with E-state index in [0.717, 1.165) is 99.6 Å². The first-order valence-corrected chi connectivity index (χ1v) is 17.5. The van der Waals surface area contributed by atoms with E-state index in [4.69, 9.17) is 13.3 Å². The summed E-state index contributed by atoms with van der Waals surface area (Å²) in [5, 5.41) is 6.35. The predicted octanol–water partition coefficient (Wildman–Crippen LogP) is 14.2. The lowest BCUT2D eigenvalue weighted by Crippen LogP contribution is -2.10. The maximum atomic E-state index is 6.95. The van der Waals surface area contributed by atoms with Gasteiger partial charge in [0.1, 0.15) is 27.9 Å². The Hall–Kier alpha value is -7.04. The van der Waals surface area contributed by atoms with Crippen molar-refractivity contribution >= 4 is 82.9 Å². The molecule has 0 atom stereocenters. The zero-order valence-electron chi connectivity index (χ0n) is 27.9. The minimum Gasteiger partial charge on any atom is -0.456 e. The molecular formula is C48H29NO3. The number of benzene rings is 8. The Labute approximate surface area is 298 Å². The number of furan rings is 3. The molecule has 0 spiro atoms. The van der Waals surface area contributed by atoms with Crippen LogP contribution in [0.25, 0.3) is 88.1 Å². The molecule has 11 rings (SSSR count). The van der Waals surface area contributed by atoms with Crippen molar-refractivity contribution in [2.75, 3.05) is 4.90 Å². The molecule has 244 valence electrons. The quantitative estimate of drug-likeness (QED) is 0.183. The van der Waals surface area contributed by atoms with E-state index in [1.54, 1.807) is 0 Å². The van der Waals surface area contributed by atoms with E-state index in [1.807, 2.05) is 36.4 Å². The van der Waals surface area contributed by atoms with E-state index in [-0.39, 0.29) is 0 Å². The molecule has 3 aromatic heterocycles. The van der Waals surface area contributed by atoms with Gasteiger partial charge in [-0.15, -0.1) is 0 Å². The van der Waals surface area contributed by atoms with E-state index in [0.29, 0.717) is 0 Å². The Morgan fingerprint density at radius 1 is 0.327 bits per heavy atom. The van der Waals surface area contributed by atoms with Gasteiger partial charge in [-0.05, 0) is 65.2 Å². The fraction of sp³-hybridized carbons (Fsp3) is 0. The molecule has 0 saturated heterocycles. The second-order valence-corrected chi connectivity index (χ2v) is 13.2. The van der Waals surface area contributed by atoms with Crippen LogP contribution in [0.2, 0.25) is 0 Å². The lowest BCUT2D eigenvalue weighted by molar-refractivity contribution is 0.664. The highest BCUT2D eigenvalue weighted by Gasteiger charge is 2.23. The molecule has 0 amide bonds. The summed E-state index contributed by atoms with van der Waals surface area (Å²) in [5.41, 5.74) is 12.4. The summed E-state index contributed by atoms with van der Waals surface area (Å²) in [6.45, 7) is 0. The molecule has 0 N–H and O–H groups in total. The van der Waals surface area contributed by atoms with Crippen molar-refractivity contribution in [1.29, 1.82) is 0 Å². The van der Waals surface area contributed by atoms with Gasteiger partial charge in [0.15, 0.2) is 5.58 Å². The fourth-order valence-corrected chi connectivity index (χ4v) is 7.89. The standard InChI is InChI=1S/C48H29NO3/c1-3-12-30(13-4-1)31-22-24-33(25-23-31)49(40-19-11-18-37-35-16-7-9-20-41(35)51-47(37)40)34-26-27-36-39-29-44-46(38-17-8-10-21-42(38)50-44)45(32-14-5-2-6-15-32)48(39)52-43(36)28-34/h1-29H. The molecule has 0 bridgehead atoms. The number of rotatable bonds is 5.